The van der Waals surface area contributed by atoms with Gasteiger partial charge in [-0.1, -0.05) is 63.2 Å². The van der Waals surface area contributed by atoms with E-state index in [1.54, 1.807) is 24.3 Å². The summed E-state index contributed by atoms with van der Waals surface area (Å²) in [6.45, 7) is 10.2. The van der Waals surface area contributed by atoms with Crippen LogP contribution < -0.4 is 20.1 Å². The Morgan fingerprint density at radius 3 is 2.00 bits per heavy atom. The van der Waals surface area contributed by atoms with Gasteiger partial charge in [0.25, 0.3) is 0 Å². The summed E-state index contributed by atoms with van der Waals surface area (Å²) in [5, 5.41) is 17.7. The molecule has 0 bridgehead atoms. The first-order valence-corrected chi connectivity index (χ1v) is 15.6. The number of aliphatic hydroxyl groups is 1. The van der Waals surface area contributed by atoms with Crippen molar-refractivity contribution in [1.82, 2.24) is 0 Å². The van der Waals surface area contributed by atoms with Gasteiger partial charge in [-0.25, -0.2) is 0 Å². The molecule has 8 nitrogen and oxygen atoms in total. The van der Waals surface area contributed by atoms with Crippen LogP contribution in [0.4, 0.5) is 11.4 Å². The Hall–Kier alpha value is -4.17. The minimum atomic E-state index is -1.73. The molecular formula is C36H44N2O6. The third kappa shape index (κ3) is 7.13. The first-order valence-electron chi connectivity index (χ1n) is 15.6. The van der Waals surface area contributed by atoms with Gasteiger partial charge in [-0.05, 0) is 74.1 Å². The molecule has 4 atom stereocenters. The maximum absolute atomic E-state index is 14.2. The topological polar surface area (TPSA) is 114 Å². The number of anilines is 2. The van der Waals surface area contributed by atoms with Crippen LogP contribution >= 0.6 is 0 Å². The van der Waals surface area contributed by atoms with Gasteiger partial charge in [-0.15, -0.1) is 0 Å². The zero-order valence-electron chi connectivity index (χ0n) is 26.3. The summed E-state index contributed by atoms with van der Waals surface area (Å²) in [5.41, 5.74) is 1.90. The summed E-state index contributed by atoms with van der Waals surface area (Å²) in [7, 11) is 0. The highest BCUT2D eigenvalue weighted by molar-refractivity contribution is 6.10. The summed E-state index contributed by atoms with van der Waals surface area (Å²) >= 11 is 0. The standard InChI is InChI=1S/C36H44N2O6/c1-6-20-44-29-19-18-25(21-30(29)43-9-4)31-32(34(40)37-26-16-12-10-14-23(26)7-2)28(39)22-36(5,42)33(31)35(41)38-27-17-13-11-15-24(27)8-3/h10-19,21,31-33,42H,6-9,20,22H2,1-5H3,(H,37,40)(H,38,41). The van der Waals surface area contributed by atoms with Crippen molar-refractivity contribution in [2.75, 3.05) is 23.8 Å². The molecule has 1 fully saturated rings. The number of carbonyl (C=O) groups excluding carboxylic acids is 3. The van der Waals surface area contributed by atoms with E-state index in [1.165, 1.54) is 6.92 Å². The number of carbonyl (C=O) groups is 3. The van der Waals surface area contributed by atoms with Gasteiger partial charge in [0, 0.05) is 23.7 Å². The van der Waals surface area contributed by atoms with E-state index in [9.17, 15) is 19.5 Å². The van der Waals surface area contributed by atoms with Crippen LogP contribution in [0.3, 0.4) is 0 Å². The van der Waals surface area contributed by atoms with Crippen LogP contribution in [0.25, 0.3) is 0 Å². The van der Waals surface area contributed by atoms with Crippen molar-refractivity contribution in [1.29, 1.82) is 0 Å². The summed E-state index contributed by atoms with van der Waals surface area (Å²) < 4.78 is 11.8. The second-order valence-electron chi connectivity index (χ2n) is 11.5. The lowest BCUT2D eigenvalue weighted by molar-refractivity contribution is -0.150. The molecule has 4 rings (SSSR count). The molecule has 0 aliphatic heterocycles. The summed E-state index contributed by atoms with van der Waals surface area (Å²) in [6.07, 6.45) is 1.83. The van der Waals surface area contributed by atoms with E-state index in [0.29, 0.717) is 54.5 Å². The highest BCUT2D eigenvalue weighted by Crippen LogP contribution is 2.48. The predicted octanol–water partition coefficient (Wildman–Crippen LogP) is 6.32. The Bertz CT molecular complexity index is 1480. The normalized spacial score (nSPS) is 21.4. The molecule has 4 unspecified atom stereocenters. The van der Waals surface area contributed by atoms with Crippen molar-refractivity contribution < 1.29 is 29.0 Å². The summed E-state index contributed by atoms with van der Waals surface area (Å²) in [6, 6.07) is 20.1. The molecule has 1 saturated carbocycles. The molecule has 0 saturated heterocycles. The second-order valence-corrected chi connectivity index (χ2v) is 11.5. The number of hydrogen-bond acceptors (Lipinski definition) is 6. The zero-order valence-corrected chi connectivity index (χ0v) is 26.3. The molecule has 0 radical (unpaired) electrons. The van der Waals surface area contributed by atoms with E-state index in [0.717, 1.165) is 17.5 Å². The van der Waals surface area contributed by atoms with Crippen molar-refractivity contribution in [2.45, 2.75) is 71.8 Å². The van der Waals surface area contributed by atoms with Gasteiger partial charge < -0.3 is 25.2 Å². The molecule has 3 N–H and O–H groups in total. The second kappa shape index (κ2) is 14.5. The number of benzene rings is 3. The van der Waals surface area contributed by atoms with E-state index in [4.69, 9.17) is 9.47 Å². The van der Waals surface area contributed by atoms with Gasteiger partial charge in [0.05, 0.1) is 24.7 Å². The van der Waals surface area contributed by atoms with Crippen molar-refractivity contribution >= 4 is 29.0 Å². The van der Waals surface area contributed by atoms with E-state index < -0.39 is 41.0 Å². The third-order valence-corrected chi connectivity index (χ3v) is 8.26. The number of nitrogens with one attached hydrogen (secondary N) is 2. The van der Waals surface area contributed by atoms with Gasteiger partial charge in [0.2, 0.25) is 11.8 Å². The molecule has 44 heavy (non-hydrogen) atoms. The van der Waals surface area contributed by atoms with Gasteiger partial charge in [0.15, 0.2) is 11.5 Å². The summed E-state index contributed by atoms with van der Waals surface area (Å²) in [4.78, 5) is 42.1. The van der Waals surface area contributed by atoms with E-state index in [1.807, 2.05) is 70.2 Å². The molecule has 1 aliphatic carbocycles. The highest BCUT2D eigenvalue weighted by Gasteiger charge is 2.56. The molecule has 1 aliphatic rings. The van der Waals surface area contributed by atoms with Crippen molar-refractivity contribution in [2.24, 2.45) is 11.8 Å². The van der Waals surface area contributed by atoms with Crippen LogP contribution in [0.15, 0.2) is 66.7 Å². The number of ketones is 1. The Morgan fingerprint density at radius 2 is 1.43 bits per heavy atom. The fraction of sp³-hybridized carbons (Fsp3) is 0.417. The Kier molecular flexibility index (Phi) is 10.8. The Morgan fingerprint density at radius 1 is 0.841 bits per heavy atom. The van der Waals surface area contributed by atoms with Gasteiger partial charge in [-0.3, -0.25) is 14.4 Å². The Labute approximate surface area is 260 Å². The van der Waals surface area contributed by atoms with Crippen LogP contribution in [-0.2, 0) is 27.2 Å². The molecule has 0 aromatic heterocycles. The maximum Gasteiger partial charge on any atom is 0.235 e. The number of para-hydroxylation sites is 2. The molecule has 0 spiro atoms. The predicted molar refractivity (Wildman–Crippen MR) is 172 cm³/mol. The van der Waals surface area contributed by atoms with Crippen molar-refractivity contribution in [3.63, 3.8) is 0 Å². The quantitative estimate of drug-likeness (QED) is 0.210. The number of Topliss-reactive ketones (excluding diaryl/α,β-unsaturated/α-hetero) is 1. The molecular weight excluding hydrogens is 556 g/mol. The Balaban J connectivity index is 1.84. The van der Waals surface area contributed by atoms with E-state index >= 15 is 0 Å². The van der Waals surface area contributed by atoms with Gasteiger partial charge >= 0.3 is 0 Å². The number of ether oxygens (including phenoxy) is 2. The van der Waals surface area contributed by atoms with Crippen LogP contribution in [0.2, 0.25) is 0 Å². The lowest BCUT2D eigenvalue weighted by Gasteiger charge is -2.44. The van der Waals surface area contributed by atoms with Crippen LogP contribution in [0.5, 0.6) is 11.5 Å². The lowest BCUT2D eigenvalue weighted by atomic mass is 9.61. The van der Waals surface area contributed by atoms with E-state index in [2.05, 4.69) is 10.6 Å². The average Bonchev–Trinajstić information content (AvgIpc) is 3.00. The largest absolute Gasteiger partial charge is 0.490 e. The average molecular weight is 601 g/mol. The molecule has 2 amide bonds. The molecule has 0 heterocycles. The van der Waals surface area contributed by atoms with Gasteiger partial charge in [-0.2, -0.15) is 0 Å². The minimum absolute atomic E-state index is 0.347. The van der Waals surface area contributed by atoms with Crippen LogP contribution in [-0.4, -0.2) is 41.5 Å². The fourth-order valence-electron chi connectivity index (χ4n) is 6.15. The molecule has 3 aromatic rings. The highest BCUT2D eigenvalue weighted by atomic mass is 16.5. The van der Waals surface area contributed by atoms with Crippen molar-refractivity contribution in [3.8, 4) is 11.5 Å². The monoisotopic (exact) mass is 600 g/mol. The maximum atomic E-state index is 14.2. The lowest BCUT2D eigenvalue weighted by Crippen LogP contribution is -2.56. The van der Waals surface area contributed by atoms with Crippen molar-refractivity contribution in [3.05, 3.63) is 83.4 Å². The van der Waals surface area contributed by atoms with Crippen LogP contribution in [0, 0.1) is 11.8 Å². The smallest absolute Gasteiger partial charge is 0.235 e. The zero-order chi connectivity index (χ0) is 31.9. The number of aryl methyl sites for hydroxylation is 2. The minimum Gasteiger partial charge on any atom is -0.490 e. The molecule has 3 aromatic carbocycles. The SMILES string of the molecule is CCCOc1ccc(C2C(C(=O)Nc3ccccc3CC)C(=O)CC(C)(O)C2C(=O)Nc2ccccc2CC)cc1OCC. The first kappa shape index (κ1) is 32.7. The van der Waals surface area contributed by atoms with E-state index in [-0.39, 0.29) is 6.42 Å². The fourth-order valence-corrected chi connectivity index (χ4v) is 6.15. The number of amides is 2. The summed E-state index contributed by atoms with van der Waals surface area (Å²) in [5.74, 6) is -3.82. The van der Waals surface area contributed by atoms with Gasteiger partial charge in [0.1, 0.15) is 11.7 Å². The first-order chi connectivity index (χ1) is 21.1. The number of rotatable bonds is 12. The van der Waals surface area contributed by atoms with Crippen LogP contribution in [0.1, 0.15) is 70.1 Å². The molecule has 234 valence electrons. The number of hydrogen-bond donors (Lipinski definition) is 3. The third-order valence-electron chi connectivity index (χ3n) is 8.26. The molecule has 8 heteroatoms.